The topological polar surface area (TPSA) is 64.1 Å². The number of anilines is 1. The van der Waals surface area contributed by atoms with Crippen LogP contribution in [0.25, 0.3) is 0 Å². The number of hydrogen-bond acceptors (Lipinski definition) is 4. The van der Waals surface area contributed by atoms with E-state index in [1.165, 1.54) is 13.3 Å². The number of ether oxygens (including phenoxy) is 1. The summed E-state index contributed by atoms with van der Waals surface area (Å²) in [6.07, 6.45) is 1.47. The second-order valence-corrected chi connectivity index (χ2v) is 3.70. The Morgan fingerprint density at radius 2 is 2.11 bits per heavy atom. The van der Waals surface area contributed by atoms with Crippen molar-refractivity contribution < 1.29 is 9.53 Å². The number of carbonyl (C=O) groups excluding carboxylic acids is 1. The highest BCUT2D eigenvalue weighted by Gasteiger charge is 2.12. The van der Waals surface area contributed by atoms with Gasteiger partial charge in [0, 0.05) is 6.20 Å². The molecular formula is C12H10ClN3O2. The van der Waals surface area contributed by atoms with Crippen LogP contribution in [0.2, 0.25) is 5.28 Å². The number of hydrogen-bond donors (Lipinski definition) is 1. The third kappa shape index (κ3) is 2.75. The van der Waals surface area contributed by atoms with Crippen LogP contribution in [-0.4, -0.2) is 23.0 Å². The summed E-state index contributed by atoms with van der Waals surface area (Å²) in [5, 5.41) is 2.70. The molecule has 92 valence electrons. The Bertz CT molecular complexity index is 575. The van der Waals surface area contributed by atoms with Gasteiger partial charge >= 0.3 is 0 Å². The van der Waals surface area contributed by atoms with Crippen molar-refractivity contribution >= 4 is 23.3 Å². The van der Waals surface area contributed by atoms with E-state index in [-0.39, 0.29) is 11.2 Å². The molecule has 0 unspecified atom stereocenters. The standard InChI is InChI=1S/C12H10ClN3O2/c1-18-9-5-3-2-4-8(9)11(17)15-10-6-7-14-12(13)16-10/h2-7H,1H3,(H,14,15,16,17). The Balaban J connectivity index is 2.22. The number of methoxy groups -OCH3 is 1. The maximum Gasteiger partial charge on any atom is 0.260 e. The lowest BCUT2D eigenvalue weighted by Crippen LogP contribution is -2.14. The second kappa shape index (κ2) is 5.46. The molecule has 0 spiro atoms. The highest BCUT2D eigenvalue weighted by molar-refractivity contribution is 6.28. The summed E-state index contributed by atoms with van der Waals surface area (Å²) < 4.78 is 5.11. The van der Waals surface area contributed by atoms with Crippen molar-refractivity contribution in [2.45, 2.75) is 0 Å². The maximum atomic E-state index is 12.0. The van der Waals surface area contributed by atoms with E-state index in [0.717, 1.165) is 0 Å². The van der Waals surface area contributed by atoms with Crippen molar-refractivity contribution in [2.24, 2.45) is 0 Å². The van der Waals surface area contributed by atoms with Crippen LogP contribution in [0.4, 0.5) is 5.82 Å². The van der Waals surface area contributed by atoms with Gasteiger partial charge in [0.15, 0.2) is 0 Å². The molecule has 5 nitrogen and oxygen atoms in total. The molecule has 0 saturated heterocycles. The molecule has 0 aliphatic rings. The van der Waals surface area contributed by atoms with Gasteiger partial charge in [-0.2, -0.15) is 0 Å². The maximum absolute atomic E-state index is 12.0. The van der Waals surface area contributed by atoms with Gasteiger partial charge in [-0.15, -0.1) is 0 Å². The fourth-order valence-corrected chi connectivity index (χ4v) is 1.57. The van der Waals surface area contributed by atoms with Crippen molar-refractivity contribution in [2.75, 3.05) is 12.4 Å². The molecule has 1 N–H and O–H groups in total. The fourth-order valence-electron chi connectivity index (χ4n) is 1.42. The van der Waals surface area contributed by atoms with Crippen LogP contribution >= 0.6 is 11.6 Å². The molecule has 2 rings (SSSR count). The van der Waals surface area contributed by atoms with E-state index in [2.05, 4.69) is 15.3 Å². The second-order valence-electron chi connectivity index (χ2n) is 3.37. The molecule has 2 aromatic rings. The summed E-state index contributed by atoms with van der Waals surface area (Å²) in [5.74, 6) is 0.517. The molecule has 0 fully saturated rings. The third-order valence-electron chi connectivity index (χ3n) is 2.22. The van der Waals surface area contributed by atoms with Gasteiger partial charge in [-0.25, -0.2) is 9.97 Å². The van der Waals surface area contributed by atoms with Crippen LogP contribution in [0.3, 0.4) is 0 Å². The summed E-state index contributed by atoms with van der Waals surface area (Å²) in [4.78, 5) is 19.6. The van der Waals surface area contributed by atoms with Gasteiger partial charge in [0.2, 0.25) is 5.28 Å². The molecule has 1 heterocycles. The molecule has 0 saturated carbocycles. The average molecular weight is 264 g/mol. The molecule has 1 amide bonds. The molecule has 0 bridgehead atoms. The number of halogens is 1. The number of amides is 1. The minimum absolute atomic E-state index is 0.0767. The zero-order valence-corrected chi connectivity index (χ0v) is 10.3. The molecule has 6 heteroatoms. The van der Waals surface area contributed by atoms with E-state index >= 15 is 0 Å². The number of nitrogens with zero attached hydrogens (tertiary/aromatic N) is 2. The van der Waals surface area contributed by atoms with Gasteiger partial charge in [-0.1, -0.05) is 12.1 Å². The van der Waals surface area contributed by atoms with E-state index in [0.29, 0.717) is 17.1 Å². The first-order valence-electron chi connectivity index (χ1n) is 5.13. The zero-order chi connectivity index (χ0) is 13.0. The van der Waals surface area contributed by atoms with Gasteiger partial charge < -0.3 is 10.1 Å². The quantitative estimate of drug-likeness (QED) is 0.864. The number of rotatable bonds is 3. The van der Waals surface area contributed by atoms with Crippen LogP contribution in [0.1, 0.15) is 10.4 Å². The first-order chi connectivity index (χ1) is 8.70. The number of benzene rings is 1. The minimum Gasteiger partial charge on any atom is -0.496 e. The molecule has 0 aliphatic heterocycles. The zero-order valence-electron chi connectivity index (χ0n) is 9.55. The fraction of sp³-hybridized carbons (Fsp3) is 0.0833. The number of nitrogens with one attached hydrogen (secondary N) is 1. The summed E-state index contributed by atoms with van der Waals surface area (Å²) in [5.41, 5.74) is 0.426. The van der Waals surface area contributed by atoms with Crippen LogP contribution < -0.4 is 10.1 Å². The van der Waals surface area contributed by atoms with Gasteiger partial charge in [0.05, 0.1) is 12.7 Å². The Morgan fingerprint density at radius 3 is 2.83 bits per heavy atom. The monoisotopic (exact) mass is 263 g/mol. The normalized spacial score (nSPS) is 9.89. The lowest BCUT2D eigenvalue weighted by molar-refractivity contribution is 0.102. The van der Waals surface area contributed by atoms with E-state index in [1.54, 1.807) is 30.3 Å². The van der Waals surface area contributed by atoms with Crippen LogP contribution in [0.15, 0.2) is 36.5 Å². The van der Waals surface area contributed by atoms with E-state index in [9.17, 15) is 4.79 Å². The highest BCUT2D eigenvalue weighted by Crippen LogP contribution is 2.18. The first kappa shape index (κ1) is 12.3. The minimum atomic E-state index is -0.317. The Hall–Kier alpha value is -2.14. The van der Waals surface area contributed by atoms with Crippen molar-refractivity contribution in [3.8, 4) is 5.75 Å². The van der Waals surface area contributed by atoms with Crippen LogP contribution in [-0.2, 0) is 0 Å². The molecule has 1 aromatic carbocycles. The number of aromatic nitrogens is 2. The summed E-state index contributed by atoms with van der Waals surface area (Å²) in [7, 11) is 1.51. The first-order valence-corrected chi connectivity index (χ1v) is 5.51. The molecule has 0 atom stereocenters. The van der Waals surface area contributed by atoms with Crippen molar-refractivity contribution in [1.82, 2.24) is 9.97 Å². The third-order valence-corrected chi connectivity index (χ3v) is 2.40. The highest BCUT2D eigenvalue weighted by atomic mass is 35.5. The van der Waals surface area contributed by atoms with Crippen molar-refractivity contribution in [3.63, 3.8) is 0 Å². The van der Waals surface area contributed by atoms with E-state index < -0.39 is 0 Å². The number of carbonyl (C=O) groups is 1. The summed E-state index contributed by atoms with van der Waals surface area (Å²) >= 11 is 5.63. The average Bonchev–Trinajstić information content (AvgIpc) is 2.38. The lowest BCUT2D eigenvalue weighted by Gasteiger charge is -2.08. The molecular weight excluding hydrogens is 254 g/mol. The van der Waals surface area contributed by atoms with E-state index in [1.807, 2.05) is 0 Å². The van der Waals surface area contributed by atoms with Gasteiger partial charge in [0.1, 0.15) is 11.6 Å². The van der Waals surface area contributed by atoms with Gasteiger partial charge in [-0.05, 0) is 29.8 Å². The molecule has 0 radical (unpaired) electrons. The van der Waals surface area contributed by atoms with Crippen molar-refractivity contribution in [1.29, 1.82) is 0 Å². The Labute approximate surface area is 109 Å². The predicted molar refractivity (Wildman–Crippen MR) is 68.0 cm³/mol. The molecule has 0 aliphatic carbocycles. The predicted octanol–water partition coefficient (Wildman–Crippen LogP) is 2.39. The largest absolute Gasteiger partial charge is 0.496 e. The van der Waals surface area contributed by atoms with Crippen LogP contribution in [0, 0.1) is 0 Å². The summed E-state index contributed by atoms with van der Waals surface area (Å²) in [6.45, 7) is 0. The van der Waals surface area contributed by atoms with Gasteiger partial charge in [-0.3, -0.25) is 4.79 Å². The van der Waals surface area contributed by atoms with Crippen molar-refractivity contribution in [3.05, 3.63) is 47.4 Å². The summed E-state index contributed by atoms with van der Waals surface area (Å²) in [6, 6.07) is 8.47. The van der Waals surface area contributed by atoms with Crippen LogP contribution in [0.5, 0.6) is 5.75 Å². The molecule has 1 aromatic heterocycles. The van der Waals surface area contributed by atoms with Gasteiger partial charge in [0.25, 0.3) is 5.91 Å². The Morgan fingerprint density at radius 1 is 1.33 bits per heavy atom. The smallest absolute Gasteiger partial charge is 0.260 e. The number of para-hydroxylation sites is 1. The molecule has 18 heavy (non-hydrogen) atoms. The lowest BCUT2D eigenvalue weighted by atomic mass is 10.2. The Kier molecular flexibility index (Phi) is 3.74. The van der Waals surface area contributed by atoms with E-state index in [4.69, 9.17) is 16.3 Å². The SMILES string of the molecule is COc1ccccc1C(=O)Nc1ccnc(Cl)n1.